The molecule has 1 aliphatic rings. The van der Waals surface area contributed by atoms with E-state index in [4.69, 9.17) is 52.4 Å². The minimum Gasteiger partial charge on any atom is -1.00 e. The number of esters is 1. The Morgan fingerprint density at radius 1 is 0.508 bits per heavy atom. The number of pyridine rings is 6. The Kier molecular flexibility index (Phi) is 53.0. The van der Waals surface area contributed by atoms with E-state index in [1.165, 1.54) is 53.0 Å². The van der Waals surface area contributed by atoms with E-state index >= 15 is 0 Å². The molecule has 12 aromatic rings. The number of nitriles is 4. The SMILES string of the molecule is C=CB1OC(C)(C)C(C)(C)O1.C=Cc1cc(C#N)ccn1.CCCCCc1cc(C#N)ccn1.CCN.CCN(CCc1cc(C#N)ccn1)C(=O)c1ccccc1-n1nccn1.CCN(CCc1cc(C(=O)OC)ccn1)C(=O)c1ccccc1-n1nccn1.CCN(CCc1cc(C(C)(C)O)ccn1)C(=O)c1ccccc1-n1nccn1.Cl.N#Cc1ccnc(Cl)c1.[Br-].[CH3-].[Mg+2]. The second kappa shape index (κ2) is 60.8. The van der Waals surface area contributed by atoms with Crippen molar-refractivity contribution in [3.63, 3.8) is 0 Å². The number of carbonyl (C=O) groups is 4. The zero-order valence-corrected chi connectivity index (χ0v) is 81.5. The largest absolute Gasteiger partial charge is 2.00 e. The first-order valence-electron chi connectivity index (χ1n) is 41.5. The minimum atomic E-state index is -0.923. The first kappa shape index (κ1) is 115. The molecular weight excluding hydrogens is 1790 g/mol. The summed E-state index contributed by atoms with van der Waals surface area (Å²) in [5, 5.41) is 69.7. The van der Waals surface area contributed by atoms with Crippen LogP contribution in [0.25, 0.3) is 23.1 Å². The molecule has 0 unspecified atom stereocenters. The van der Waals surface area contributed by atoms with Crippen LogP contribution >= 0.6 is 24.0 Å². The summed E-state index contributed by atoms with van der Waals surface area (Å²) < 4.78 is 15.9. The number of hydrogen-bond acceptors (Lipinski definition) is 25. The number of methoxy groups -OCH3 is 1. The number of aliphatic hydroxyl groups is 1. The van der Waals surface area contributed by atoms with Gasteiger partial charge in [0.25, 0.3) is 17.7 Å². The summed E-state index contributed by atoms with van der Waals surface area (Å²) >= 11 is 5.46. The molecule has 13 rings (SSSR count). The van der Waals surface area contributed by atoms with Crippen LogP contribution in [0.3, 0.4) is 0 Å². The molecular formula is C96H113BBrCl2MgN23O8. The Labute approximate surface area is 812 Å². The molecule has 3 aromatic carbocycles. The summed E-state index contributed by atoms with van der Waals surface area (Å²) in [6.07, 6.45) is 27.1. The monoisotopic (exact) mass is 1900 g/mol. The predicted octanol–water partition coefficient (Wildman–Crippen LogP) is 12.1. The van der Waals surface area contributed by atoms with E-state index < -0.39 is 11.6 Å². The number of likely N-dealkylation sites (N-methyl/N-ethyl adjacent to an activating group) is 3. The summed E-state index contributed by atoms with van der Waals surface area (Å²) in [4.78, 5) is 85.3. The summed E-state index contributed by atoms with van der Waals surface area (Å²) in [7, 11) is 1.09. The normalized spacial score (nSPS) is 11.2. The topological polar surface area (TPSA) is 417 Å². The van der Waals surface area contributed by atoms with Crippen LogP contribution in [0.15, 0.2) is 239 Å². The van der Waals surface area contributed by atoms with Gasteiger partial charge in [0.1, 0.15) is 5.15 Å². The van der Waals surface area contributed by atoms with Crippen molar-refractivity contribution in [3.05, 3.63) is 330 Å². The fourth-order valence-electron chi connectivity index (χ4n) is 11.8. The Bertz CT molecular complexity index is 5670. The fraction of sp³-hybridized carbons (Fsp3) is 0.302. The number of aromatic nitrogens is 15. The molecule has 0 radical (unpaired) electrons. The average Bonchev–Trinajstić information content (AvgIpc) is 1.62. The Balaban J connectivity index is 0.000000537. The molecule has 132 heavy (non-hydrogen) atoms. The molecule has 3 amide bonds. The van der Waals surface area contributed by atoms with Gasteiger partial charge < -0.3 is 64.0 Å². The number of benzene rings is 3. The van der Waals surface area contributed by atoms with Gasteiger partial charge in [-0.2, -0.15) is 66.0 Å². The van der Waals surface area contributed by atoms with E-state index in [-0.39, 0.29) is 95.9 Å². The van der Waals surface area contributed by atoms with Crippen molar-refractivity contribution in [3.8, 4) is 41.3 Å². The number of para-hydroxylation sites is 3. The maximum absolute atomic E-state index is 13.1. The maximum atomic E-state index is 13.1. The van der Waals surface area contributed by atoms with Crippen LogP contribution in [-0.2, 0) is 45.3 Å². The minimum absolute atomic E-state index is 0. The van der Waals surface area contributed by atoms with E-state index in [0.717, 1.165) is 47.0 Å². The summed E-state index contributed by atoms with van der Waals surface area (Å²) in [5.74, 6) is 0.995. The van der Waals surface area contributed by atoms with Gasteiger partial charge in [-0.1, -0.05) is 87.2 Å². The smallest absolute Gasteiger partial charge is 1.00 e. The van der Waals surface area contributed by atoms with Crippen LogP contribution in [0.5, 0.6) is 0 Å². The van der Waals surface area contributed by atoms with E-state index in [1.54, 1.807) is 182 Å². The number of hydrogen-bond donors (Lipinski definition) is 2. The number of carbonyl (C=O) groups excluding carboxylic acids is 4. The third kappa shape index (κ3) is 37.1. The molecule has 686 valence electrons. The van der Waals surface area contributed by atoms with Gasteiger partial charge in [0.2, 0.25) is 0 Å². The zero-order chi connectivity index (χ0) is 93.4. The third-order valence-corrected chi connectivity index (χ3v) is 19.6. The van der Waals surface area contributed by atoms with Gasteiger partial charge in [0, 0.05) is 118 Å². The number of nitrogens with two attached hydrogens (primary N) is 1. The van der Waals surface area contributed by atoms with E-state index in [2.05, 4.69) is 92.7 Å². The molecule has 10 heterocycles. The first-order valence-corrected chi connectivity index (χ1v) is 41.8. The molecule has 0 bridgehead atoms. The van der Waals surface area contributed by atoms with Gasteiger partial charge >= 0.3 is 36.1 Å². The standard InChI is InChI=1S/C21H25N5O2.C20H21N5O3.C19H18N6O.C11H14N2.C8H15BO2.C8H6N2.C6H3ClN2.C2H7N.CH3.BrH.ClH.Mg/c1-4-25(14-10-17-15-16(9-11-22-17)21(2,3)28)20(27)18-7-5-6-8-19(18)26-23-12-13-24-26;1-3-24(13-9-16-14-15(8-10-21-16)20(27)28-2)19(26)17-6-4-5-7-18(17)25-22-11-12-23-25;1-2-24(12-8-16-13-15(14-20)7-9-21-16)19(26)17-5-3-4-6-18(17)25-22-10-11-23-25;1-2-3-4-5-11-8-10(9-12)6-7-13-11;1-6-9-10-7(2,3)8(4,5)11-9;1-2-8-5-7(6-9)3-4-10-8;7-6-3-5(4-8)1-2-9-6;1-2-3;;;;/h5-9,11-13,15,28H,4,10,14H2,1-3H3;4-8,10-12,14H,3,9,13H2,1-2H3;3-7,9-11,13H,2,8,12H2,1H3;6-8H,2-5H2,1H3;6H,1H2,2-5H3;2-5H,1H2;1-3H;2-3H2,1H3;1H3;2*1H;/q;;;;;;;;-1;;;+2/p-1. The molecule has 31 nitrogen and oxygen atoms in total. The second-order valence-corrected chi connectivity index (χ2v) is 29.7. The van der Waals surface area contributed by atoms with Crippen LogP contribution in [0.2, 0.25) is 5.15 Å². The van der Waals surface area contributed by atoms with Gasteiger partial charge in [-0.15, -0.1) is 19.0 Å². The van der Waals surface area contributed by atoms with Crippen molar-refractivity contribution in [1.29, 1.82) is 21.0 Å². The van der Waals surface area contributed by atoms with Gasteiger partial charge in [0.15, 0.2) is 0 Å². The summed E-state index contributed by atoms with van der Waals surface area (Å²) in [6.45, 7) is 32.6. The van der Waals surface area contributed by atoms with Crippen molar-refractivity contribution in [1.82, 2.24) is 89.6 Å². The molecule has 0 spiro atoms. The van der Waals surface area contributed by atoms with Crippen LogP contribution in [0.1, 0.15) is 193 Å². The molecule has 1 aliphatic heterocycles. The molecule has 0 atom stereocenters. The number of ether oxygens (including phenoxy) is 1. The molecule has 3 N–H and O–H groups in total. The quantitative estimate of drug-likeness (QED) is 0.0167. The van der Waals surface area contributed by atoms with E-state index in [0.29, 0.717) is 125 Å². The number of rotatable bonds is 26. The van der Waals surface area contributed by atoms with Gasteiger partial charge in [0.05, 0.1) is 153 Å². The van der Waals surface area contributed by atoms with Crippen molar-refractivity contribution in [2.24, 2.45) is 5.73 Å². The second-order valence-electron chi connectivity index (χ2n) is 29.3. The first-order chi connectivity index (χ1) is 61.6. The van der Waals surface area contributed by atoms with Crippen LogP contribution < -0.4 is 22.7 Å². The van der Waals surface area contributed by atoms with Crippen molar-refractivity contribution in [2.75, 3.05) is 52.9 Å². The van der Waals surface area contributed by atoms with Crippen molar-refractivity contribution in [2.45, 2.75) is 138 Å². The number of amides is 3. The van der Waals surface area contributed by atoms with E-state index in [1.807, 2.05) is 134 Å². The number of unbranched alkanes of at least 4 members (excludes halogenated alkanes) is 2. The molecule has 9 aromatic heterocycles. The van der Waals surface area contributed by atoms with Crippen molar-refractivity contribution < 1.29 is 55.3 Å². The van der Waals surface area contributed by atoms with Crippen molar-refractivity contribution >= 4 is 83.9 Å². The predicted molar refractivity (Wildman–Crippen MR) is 510 cm³/mol. The van der Waals surface area contributed by atoms with Gasteiger partial charge in [-0.25, -0.2) is 9.78 Å². The average molecular weight is 1900 g/mol. The molecule has 1 fully saturated rings. The third-order valence-electron chi connectivity index (χ3n) is 19.4. The summed E-state index contributed by atoms with van der Waals surface area (Å²) in [5.41, 5.74) is 14.8. The van der Waals surface area contributed by atoms with E-state index in [9.17, 15) is 24.3 Å². The Morgan fingerprint density at radius 3 is 1.17 bits per heavy atom. The maximum Gasteiger partial charge on any atom is 2.00 e. The van der Waals surface area contributed by atoms with Crippen LogP contribution in [0, 0.1) is 52.8 Å². The van der Waals surface area contributed by atoms with Gasteiger partial charge in [-0.3, -0.25) is 39.3 Å². The summed E-state index contributed by atoms with van der Waals surface area (Å²) in [6, 6.07) is 50.5. The molecule has 0 saturated carbocycles. The van der Waals surface area contributed by atoms with Crippen LogP contribution in [-0.4, -0.2) is 213 Å². The van der Waals surface area contributed by atoms with Crippen LogP contribution in [0.4, 0.5) is 0 Å². The van der Waals surface area contributed by atoms with Gasteiger partial charge in [-0.05, 0) is 203 Å². The number of halogens is 3. The zero-order valence-electron chi connectivity index (χ0n) is 76.9. The Morgan fingerprint density at radius 2 is 0.841 bits per heavy atom. The molecule has 36 heteroatoms. The fourth-order valence-corrected chi connectivity index (χ4v) is 12.0. The number of aryl methyl sites for hydroxylation is 1. The molecule has 1 saturated heterocycles. The number of nitrogens with zero attached hydrogens (tertiary/aromatic N) is 22. The Hall–Kier alpha value is -13.0. The molecule has 0 aliphatic carbocycles.